The number of aromatic amines is 1. The van der Waals surface area contributed by atoms with Gasteiger partial charge in [-0.25, -0.2) is 4.98 Å². The SMILES string of the molecule is CC(=O)N[C@@H](CC(C)C)C(=O)N1CCC[C@H]1C(=O)NCc1ccc(-c2sc[nH+]c2C)cc1. The van der Waals surface area contributed by atoms with E-state index in [1.54, 1.807) is 16.2 Å². The maximum Gasteiger partial charge on any atom is 0.245 e. The largest absolute Gasteiger partial charge is 0.350 e. The number of rotatable bonds is 8. The van der Waals surface area contributed by atoms with Crippen molar-refractivity contribution in [2.24, 2.45) is 5.92 Å². The van der Waals surface area contributed by atoms with E-state index < -0.39 is 12.1 Å². The summed E-state index contributed by atoms with van der Waals surface area (Å²) in [5, 5.41) is 5.75. The van der Waals surface area contributed by atoms with Crippen molar-refractivity contribution in [2.75, 3.05) is 6.54 Å². The molecule has 3 amide bonds. The predicted molar refractivity (Wildman–Crippen MR) is 125 cm³/mol. The van der Waals surface area contributed by atoms with Gasteiger partial charge in [0.2, 0.25) is 23.2 Å². The molecule has 1 aromatic heterocycles. The molecule has 3 rings (SSSR count). The van der Waals surface area contributed by atoms with Crippen LogP contribution in [0.2, 0.25) is 0 Å². The number of hydrogen-bond donors (Lipinski definition) is 2. The van der Waals surface area contributed by atoms with Crippen molar-refractivity contribution < 1.29 is 19.4 Å². The third-order valence-corrected chi connectivity index (χ3v) is 6.71. The van der Waals surface area contributed by atoms with E-state index >= 15 is 0 Å². The first-order valence-electron chi connectivity index (χ1n) is 11.2. The number of nitrogens with zero attached hydrogens (tertiary/aromatic N) is 1. The Bertz CT molecular complexity index is 954. The van der Waals surface area contributed by atoms with Crippen LogP contribution in [0.5, 0.6) is 0 Å². The molecule has 1 aliphatic heterocycles. The van der Waals surface area contributed by atoms with Crippen LogP contribution in [0.4, 0.5) is 0 Å². The average Bonchev–Trinajstić information content (AvgIpc) is 3.40. The van der Waals surface area contributed by atoms with Gasteiger partial charge in [0.05, 0.1) is 0 Å². The highest BCUT2D eigenvalue weighted by Crippen LogP contribution is 2.25. The van der Waals surface area contributed by atoms with Crippen LogP contribution >= 0.6 is 11.3 Å². The quantitative estimate of drug-likeness (QED) is 0.638. The molecule has 8 heteroatoms. The van der Waals surface area contributed by atoms with Gasteiger partial charge in [0.25, 0.3) is 0 Å². The number of carbonyl (C=O) groups excluding carboxylic acids is 3. The van der Waals surface area contributed by atoms with E-state index in [2.05, 4.69) is 27.8 Å². The van der Waals surface area contributed by atoms with E-state index in [0.717, 1.165) is 23.2 Å². The number of carbonyl (C=O) groups is 3. The normalized spacial score (nSPS) is 16.8. The number of H-pyrrole nitrogens is 1. The molecule has 3 N–H and O–H groups in total. The van der Waals surface area contributed by atoms with E-state index in [4.69, 9.17) is 0 Å². The van der Waals surface area contributed by atoms with Gasteiger partial charge in [-0.3, -0.25) is 14.4 Å². The van der Waals surface area contributed by atoms with Crippen LogP contribution in [0, 0.1) is 12.8 Å². The molecule has 1 aliphatic rings. The van der Waals surface area contributed by atoms with Gasteiger partial charge in [-0.1, -0.05) is 49.4 Å². The van der Waals surface area contributed by atoms with Gasteiger partial charge in [0, 0.05) is 26.9 Å². The lowest BCUT2D eigenvalue weighted by Gasteiger charge is -2.29. The minimum atomic E-state index is -0.591. The zero-order valence-electron chi connectivity index (χ0n) is 19.2. The topological polar surface area (TPSA) is 92.7 Å². The molecule has 2 atom stereocenters. The highest BCUT2D eigenvalue weighted by molar-refractivity contribution is 7.13. The number of likely N-dealkylation sites (tertiary alicyclic amines) is 1. The second-order valence-electron chi connectivity index (χ2n) is 8.82. The molecular weight excluding hydrogens is 424 g/mol. The van der Waals surface area contributed by atoms with Crippen LogP contribution in [0.1, 0.15) is 51.3 Å². The second kappa shape index (κ2) is 10.7. The summed E-state index contributed by atoms with van der Waals surface area (Å²) in [4.78, 5) is 43.6. The second-order valence-corrected chi connectivity index (χ2v) is 9.70. The first-order chi connectivity index (χ1) is 15.3. The molecule has 1 fully saturated rings. The fraction of sp³-hybridized carbons (Fsp3) is 0.500. The molecule has 1 aromatic carbocycles. The molecule has 0 bridgehead atoms. The van der Waals surface area contributed by atoms with Crippen molar-refractivity contribution in [1.29, 1.82) is 0 Å². The number of aryl methyl sites for hydroxylation is 1. The monoisotopic (exact) mass is 457 g/mol. The van der Waals surface area contributed by atoms with Crippen molar-refractivity contribution >= 4 is 29.1 Å². The van der Waals surface area contributed by atoms with Crippen LogP contribution < -0.4 is 15.6 Å². The zero-order chi connectivity index (χ0) is 23.3. The summed E-state index contributed by atoms with van der Waals surface area (Å²) in [6, 6.07) is 7.07. The van der Waals surface area contributed by atoms with Gasteiger partial charge in [0.1, 0.15) is 17.0 Å². The van der Waals surface area contributed by atoms with Crippen molar-refractivity contribution in [3.8, 4) is 10.4 Å². The lowest BCUT2D eigenvalue weighted by Crippen LogP contribution is -2.53. The number of aromatic nitrogens is 1. The fourth-order valence-electron chi connectivity index (χ4n) is 4.14. The fourth-order valence-corrected chi connectivity index (χ4v) is 5.00. The van der Waals surface area contributed by atoms with E-state index in [1.807, 2.05) is 38.4 Å². The molecule has 0 aliphatic carbocycles. The zero-order valence-corrected chi connectivity index (χ0v) is 20.1. The Kier molecular flexibility index (Phi) is 8.01. The Morgan fingerprint density at radius 3 is 2.53 bits per heavy atom. The molecular formula is C24H33N4O3S+. The molecule has 2 heterocycles. The molecule has 1 saturated heterocycles. The van der Waals surface area contributed by atoms with Crippen LogP contribution in [0.15, 0.2) is 29.8 Å². The standard InChI is InChI=1S/C24H32N4O3S/c1-15(2)12-20(27-17(4)29)24(31)28-11-5-6-21(28)23(30)25-13-18-7-9-19(10-8-18)22-16(3)26-14-32-22/h7-10,14-15,20-21H,5-6,11-13H2,1-4H3,(H,25,30)(H,27,29)/p+1/t20-,21-/m0/s1. The van der Waals surface area contributed by atoms with Gasteiger partial charge in [-0.05, 0) is 36.3 Å². The molecule has 0 saturated carbocycles. The summed E-state index contributed by atoms with van der Waals surface area (Å²) in [5.74, 6) is -0.290. The van der Waals surface area contributed by atoms with Crippen molar-refractivity contribution in [3.63, 3.8) is 0 Å². The van der Waals surface area contributed by atoms with Gasteiger partial charge >= 0.3 is 0 Å². The number of amides is 3. The van der Waals surface area contributed by atoms with E-state index in [-0.39, 0.29) is 23.6 Å². The first kappa shape index (κ1) is 23.9. The van der Waals surface area contributed by atoms with Crippen molar-refractivity contribution in [1.82, 2.24) is 15.5 Å². The van der Waals surface area contributed by atoms with Crippen LogP contribution in [0.3, 0.4) is 0 Å². The van der Waals surface area contributed by atoms with Gasteiger partial charge in [-0.15, -0.1) is 0 Å². The Balaban J connectivity index is 1.60. The number of benzene rings is 1. The third kappa shape index (κ3) is 5.94. The summed E-state index contributed by atoms with van der Waals surface area (Å²) in [6.07, 6.45) is 1.97. The Hall–Kier alpha value is -2.74. The minimum Gasteiger partial charge on any atom is -0.350 e. The predicted octanol–water partition coefficient (Wildman–Crippen LogP) is 2.70. The summed E-state index contributed by atoms with van der Waals surface area (Å²) in [7, 11) is 0. The minimum absolute atomic E-state index is 0.144. The number of nitrogens with one attached hydrogen (secondary N) is 3. The van der Waals surface area contributed by atoms with Gasteiger partial charge < -0.3 is 15.5 Å². The Labute approximate surface area is 193 Å². The average molecular weight is 458 g/mol. The highest BCUT2D eigenvalue weighted by atomic mass is 32.1. The summed E-state index contributed by atoms with van der Waals surface area (Å²) in [5.41, 5.74) is 5.25. The maximum atomic E-state index is 13.1. The van der Waals surface area contributed by atoms with E-state index in [1.165, 1.54) is 11.8 Å². The molecule has 0 spiro atoms. The van der Waals surface area contributed by atoms with E-state index in [9.17, 15) is 14.4 Å². The van der Waals surface area contributed by atoms with Crippen LogP contribution in [0.25, 0.3) is 10.4 Å². The lowest BCUT2D eigenvalue weighted by atomic mass is 10.0. The smallest absolute Gasteiger partial charge is 0.245 e. The van der Waals surface area contributed by atoms with Crippen LogP contribution in [-0.4, -0.2) is 41.2 Å². The molecule has 32 heavy (non-hydrogen) atoms. The summed E-state index contributed by atoms with van der Waals surface area (Å²) < 4.78 is 0. The molecule has 7 nitrogen and oxygen atoms in total. The Morgan fingerprint density at radius 2 is 1.94 bits per heavy atom. The van der Waals surface area contributed by atoms with Crippen molar-refractivity contribution in [2.45, 2.75) is 65.6 Å². The van der Waals surface area contributed by atoms with Gasteiger partial charge in [-0.2, -0.15) is 0 Å². The molecule has 0 unspecified atom stereocenters. The molecule has 0 radical (unpaired) electrons. The van der Waals surface area contributed by atoms with Gasteiger partial charge in [0.15, 0.2) is 5.69 Å². The van der Waals surface area contributed by atoms with E-state index in [0.29, 0.717) is 25.9 Å². The first-order valence-corrected chi connectivity index (χ1v) is 12.0. The number of hydrogen-bond acceptors (Lipinski definition) is 4. The maximum absolute atomic E-state index is 13.1. The highest BCUT2D eigenvalue weighted by Gasteiger charge is 2.37. The Morgan fingerprint density at radius 1 is 1.22 bits per heavy atom. The summed E-state index contributed by atoms with van der Waals surface area (Å²) >= 11 is 1.67. The van der Waals surface area contributed by atoms with Crippen molar-refractivity contribution in [3.05, 3.63) is 41.0 Å². The third-order valence-electron chi connectivity index (χ3n) is 5.70. The lowest BCUT2D eigenvalue weighted by molar-refractivity contribution is -0.379. The molecule has 2 aromatic rings. The van der Waals surface area contributed by atoms with Crippen LogP contribution in [-0.2, 0) is 20.9 Å². The number of thiazole rings is 1. The molecule has 172 valence electrons. The summed E-state index contributed by atoms with van der Waals surface area (Å²) in [6.45, 7) is 8.44.